The number of amides is 1. The molecule has 2 rings (SSSR count). The zero-order valence-electron chi connectivity index (χ0n) is 12.4. The molecule has 1 aliphatic rings. The van der Waals surface area contributed by atoms with Crippen molar-refractivity contribution in [2.45, 2.75) is 19.4 Å². The van der Waals surface area contributed by atoms with E-state index in [1.807, 2.05) is 19.2 Å². The zero-order valence-corrected chi connectivity index (χ0v) is 12.4. The Morgan fingerprint density at radius 1 is 1.15 bits per heavy atom. The normalized spacial score (nSPS) is 13.8. The van der Waals surface area contributed by atoms with Gasteiger partial charge in [0, 0.05) is 19.5 Å². The number of ether oxygens (including phenoxy) is 3. The summed E-state index contributed by atoms with van der Waals surface area (Å²) in [4.78, 5) is 13.7. The SMILES string of the molecule is COc1cc(CN(C)C(=O)C2CC2)cc(OC)c1OC. The smallest absolute Gasteiger partial charge is 0.225 e. The molecule has 1 fully saturated rings. The molecular weight excluding hydrogens is 258 g/mol. The molecule has 0 aromatic heterocycles. The molecule has 1 aromatic carbocycles. The minimum Gasteiger partial charge on any atom is -0.493 e. The van der Waals surface area contributed by atoms with Crippen LogP contribution >= 0.6 is 0 Å². The zero-order chi connectivity index (χ0) is 14.7. The molecule has 0 N–H and O–H groups in total. The second-order valence-electron chi connectivity index (χ2n) is 5.00. The molecule has 0 atom stereocenters. The standard InChI is InChI=1S/C15H21NO4/c1-16(15(17)11-5-6-11)9-10-7-12(18-2)14(20-4)13(8-10)19-3/h7-8,11H,5-6,9H2,1-4H3. The molecular formula is C15H21NO4. The van der Waals surface area contributed by atoms with Gasteiger partial charge in [-0.25, -0.2) is 0 Å². The molecule has 0 radical (unpaired) electrons. The van der Waals surface area contributed by atoms with Crippen molar-refractivity contribution >= 4 is 5.91 Å². The van der Waals surface area contributed by atoms with Crippen molar-refractivity contribution in [3.05, 3.63) is 17.7 Å². The Kier molecular flexibility index (Phi) is 4.37. The van der Waals surface area contributed by atoms with Gasteiger partial charge >= 0.3 is 0 Å². The van der Waals surface area contributed by atoms with Crippen LogP contribution in [-0.4, -0.2) is 39.2 Å². The molecule has 5 nitrogen and oxygen atoms in total. The van der Waals surface area contributed by atoms with Crippen LogP contribution in [-0.2, 0) is 11.3 Å². The van der Waals surface area contributed by atoms with E-state index in [-0.39, 0.29) is 11.8 Å². The first-order valence-corrected chi connectivity index (χ1v) is 6.64. The van der Waals surface area contributed by atoms with E-state index in [1.54, 1.807) is 26.2 Å². The molecule has 1 saturated carbocycles. The molecule has 0 aliphatic heterocycles. The minimum atomic E-state index is 0.207. The van der Waals surface area contributed by atoms with E-state index in [0.717, 1.165) is 18.4 Å². The Balaban J connectivity index is 2.20. The third kappa shape index (κ3) is 2.98. The van der Waals surface area contributed by atoms with Crippen molar-refractivity contribution in [2.75, 3.05) is 28.4 Å². The maximum Gasteiger partial charge on any atom is 0.225 e. The van der Waals surface area contributed by atoms with Crippen molar-refractivity contribution in [3.8, 4) is 17.2 Å². The van der Waals surface area contributed by atoms with Gasteiger partial charge in [-0.3, -0.25) is 4.79 Å². The van der Waals surface area contributed by atoms with Crippen LogP contribution in [0.3, 0.4) is 0 Å². The molecule has 5 heteroatoms. The van der Waals surface area contributed by atoms with E-state index in [9.17, 15) is 4.79 Å². The van der Waals surface area contributed by atoms with Gasteiger partial charge in [0.1, 0.15) is 0 Å². The summed E-state index contributed by atoms with van der Waals surface area (Å²) in [6.45, 7) is 0.534. The number of carbonyl (C=O) groups is 1. The van der Waals surface area contributed by atoms with Crippen molar-refractivity contribution in [2.24, 2.45) is 5.92 Å². The van der Waals surface area contributed by atoms with Crippen LogP contribution in [0, 0.1) is 5.92 Å². The molecule has 20 heavy (non-hydrogen) atoms. The highest BCUT2D eigenvalue weighted by Crippen LogP contribution is 2.38. The first-order valence-electron chi connectivity index (χ1n) is 6.64. The second-order valence-corrected chi connectivity index (χ2v) is 5.00. The Bertz CT molecular complexity index is 472. The predicted molar refractivity (Wildman–Crippen MR) is 75.3 cm³/mol. The molecule has 0 unspecified atom stereocenters. The van der Waals surface area contributed by atoms with E-state index in [4.69, 9.17) is 14.2 Å². The lowest BCUT2D eigenvalue weighted by Crippen LogP contribution is -2.27. The maximum atomic E-state index is 12.0. The second kappa shape index (κ2) is 6.03. The molecule has 1 aromatic rings. The molecule has 1 amide bonds. The van der Waals surface area contributed by atoms with Gasteiger partial charge in [-0.2, -0.15) is 0 Å². The van der Waals surface area contributed by atoms with Gasteiger partial charge in [0.25, 0.3) is 0 Å². The molecule has 0 saturated heterocycles. The number of hydrogen-bond acceptors (Lipinski definition) is 4. The Labute approximate surface area is 119 Å². The topological polar surface area (TPSA) is 48.0 Å². The highest BCUT2D eigenvalue weighted by Gasteiger charge is 2.32. The van der Waals surface area contributed by atoms with Crippen LogP contribution in [0.5, 0.6) is 17.2 Å². The number of methoxy groups -OCH3 is 3. The van der Waals surface area contributed by atoms with Crippen molar-refractivity contribution in [3.63, 3.8) is 0 Å². The van der Waals surface area contributed by atoms with E-state index in [2.05, 4.69) is 0 Å². The number of carbonyl (C=O) groups excluding carboxylic acids is 1. The highest BCUT2D eigenvalue weighted by atomic mass is 16.5. The minimum absolute atomic E-state index is 0.207. The molecule has 0 spiro atoms. The number of hydrogen-bond donors (Lipinski definition) is 0. The third-order valence-electron chi connectivity index (χ3n) is 3.45. The van der Waals surface area contributed by atoms with Gasteiger partial charge in [0.15, 0.2) is 11.5 Å². The highest BCUT2D eigenvalue weighted by molar-refractivity contribution is 5.80. The van der Waals surface area contributed by atoms with Gasteiger partial charge in [0.2, 0.25) is 11.7 Å². The number of nitrogens with zero attached hydrogens (tertiary/aromatic N) is 1. The van der Waals surface area contributed by atoms with Crippen LogP contribution in [0.2, 0.25) is 0 Å². The lowest BCUT2D eigenvalue weighted by molar-refractivity contribution is -0.131. The maximum absolute atomic E-state index is 12.0. The van der Waals surface area contributed by atoms with Crippen molar-refractivity contribution in [1.29, 1.82) is 0 Å². The summed E-state index contributed by atoms with van der Waals surface area (Å²) in [5, 5.41) is 0. The quantitative estimate of drug-likeness (QED) is 0.800. The Hall–Kier alpha value is -1.91. The monoisotopic (exact) mass is 279 g/mol. The fourth-order valence-electron chi connectivity index (χ4n) is 2.22. The molecule has 0 heterocycles. The number of rotatable bonds is 6. The van der Waals surface area contributed by atoms with Crippen LogP contribution in [0.15, 0.2) is 12.1 Å². The fraction of sp³-hybridized carbons (Fsp3) is 0.533. The van der Waals surface area contributed by atoms with Crippen LogP contribution in [0.4, 0.5) is 0 Å². The summed E-state index contributed by atoms with van der Waals surface area (Å²) in [5.41, 5.74) is 0.955. The van der Waals surface area contributed by atoms with E-state index in [1.165, 1.54) is 0 Å². The average Bonchev–Trinajstić information content (AvgIpc) is 3.29. The molecule has 110 valence electrons. The van der Waals surface area contributed by atoms with Crippen molar-refractivity contribution in [1.82, 2.24) is 4.90 Å². The summed E-state index contributed by atoms with van der Waals surface area (Å²) in [6, 6.07) is 3.75. The number of benzene rings is 1. The van der Waals surface area contributed by atoms with Gasteiger partial charge in [0.05, 0.1) is 21.3 Å². The summed E-state index contributed by atoms with van der Waals surface area (Å²) in [6.07, 6.45) is 2.02. The first-order chi connectivity index (χ1) is 9.60. The van der Waals surface area contributed by atoms with E-state index >= 15 is 0 Å². The summed E-state index contributed by atoms with van der Waals surface area (Å²) >= 11 is 0. The summed E-state index contributed by atoms with van der Waals surface area (Å²) in [5.74, 6) is 2.21. The molecule has 1 aliphatic carbocycles. The summed E-state index contributed by atoms with van der Waals surface area (Å²) < 4.78 is 15.9. The largest absolute Gasteiger partial charge is 0.493 e. The average molecular weight is 279 g/mol. The van der Waals surface area contributed by atoms with Gasteiger partial charge in [-0.15, -0.1) is 0 Å². The first kappa shape index (κ1) is 14.5. The lowest BCUT2D eigenvalue weighted by atomic mass is 10.1. The van der Waals surface area contributed by atoms with Gasteiger partial charge < -0.3 is 19.1 Å². The van der Waals surface area contributed by atoms with Gasteiger partial charge in [-0.05, 0) is 30.5 Å². The molecule has 0 bridgehead atoms. The third-order valence-corrected chi connectivity index (χ3v) is 3.45. The lowest BCUT2D eigenvalue weighted by Gasteiger charge is -2.19. The van der Waals surface area contributed by atoms with E-state index < -0.39 is 0 Å². The Morgan fingerprint density at radius 2 is 1.70 bits per heavy atom. The van der Waals surface area contributed by atoms with Crippen molar-refractivity contribution < 1.29 is 19.0 Å². The van der Waals surface area contributed by atoms with Crippen LogP contribution < -0.4 is 14.2 Å². The Morgan fingerprint density at radius 3 is 2.10 bits per heavy atom. The van der Waals surface area contributed by atoms with Crippen LogP contribution in [0.1, 0.15) is 18.4 Å². The predicted octanol–water partition coefficient (Wildman–Crippen LogP) is 2.08. The van der Waals surface area contributed by atoms with E-state index in [0.29, 0.717) is 23.8 Å². The van der Waals surface area contributed by atoms with Crippen LogP contribution in [0.25, 0.3) is 0 Å². The fourth-order valence-corrected chi connectivity index (χ4v) is 2.22. The summed E-state index contributed by atoms with van der Waals surface area (Å²) in [7, 11) is 6.56. The van der Waals surface area contributed by atoms with Gasteiger partial charge in [-0.1, -0.05) is 0 Å².